The summed E-state index contributed by atoms with van der Waals surface area (Å²) in [6, 6.07) is 2.15. The van der Waals surface area contributed by atoms with Gasteiger partial charge in [0.1, 0.15) is 5.76 Å². The van der Waals surface area contributed by atoms with E-state index in [9.17, 15) is 4.79 Å². The summed E-state index contributed by atoms with van der Waals surface area (Å²) in [7, 11) is 0. The molecule has 0 bridgehead atoms. The minimum atomic E-state index is -0.170. The molecule has 0 spiro atoms. The summed E-state index contributed by atoms with van der Waals surface area (Å²) in [6.45, 7) is 0. The van der Waals surface area contributed by atoms with Gasteiger partial charge in [-0.1, -0.05) is 12.2 Å². The molecule has 0 radical (unpaired) electrons. The first-order valence-corrected chi connectivity index (χ1v) is 6.73. The molecule has 0 amide bonds. The maximum atomic E-state index is 11.8. The average Bonchev–Trinajstić information content (AvgIpc) is 2.76. The third kappa shape index (κ3) is 2.26. The van der Waals surface area contributed by atoms with Crippen LogP contribution in [0.3, 0.4) is 0 Å². The molecule has 1 atom stereocenters. The monoisotopic (exact) mass is 253 g/mol. The lowest BCUT2D eigenvalue weighted by atomic mass is 9.90. The highest BCUT2D eigenvalue weighted by Gasteiger charge is 2.31. The van der Waals surface area contributed by atoms with Gasteiger partial charge in [-0.05, 0) is 44.3 Å². The Hall–Kier alpha value is -2.08. The molecular weight excluding hydrogens is 238 g/mol. The highest BCUT2D eigenvalue weighted by Crippen LogP contribution is 2.38. The van der Waals surface area contributed by atoms with Crippen LogP contribution >= 0.6 is 0 Å². The number of hydrogen-bond acceptors (Lipinski definition) is 3. The SMILES string of the molecule is N#CC1=CC(/C=C2\OC(=O)C3=C2CCCC3)CC=C1. The third-order valence-corrected chi connectivity index (χ3v) is 3.81. The molecule has 3 heteroatoms. The van der Waals surface area contributed by atoms with Crippen molar-refractivity contribution in [3.8, 4) is 6.07 Å². The van der Waals surface area contributed by atoms with Crippen molar-refractivity contribution in [1.82, 2.24) is 0 Å². The van der Waals surface area contributed by atoms with Gasteiger partial charge in [0.15, 0.2) is 0 Å². The molecule has 0 saturated heterocycles. The molecule has 1 heterocycles. The van der Waals surface area contributed by atoms with Gasteiger partial charge in [0.25, 0.3) is 0 Å². The number of ether oxygens (including phenoxy) is 1. The molecule has 0 N–H and O–H groups in total. The normalized spacial score (nSPS) is 27.9. The van der Waals surface area contributed by atoms with Crippen LogP contribution in [-0.2, 0) is 9.53 Å². The molecule has 3 aliphatic rings. The Morgan fingerprint density at radius 1 is 1.32 bits per heavy atom. The number of carbonyl (C=O) groups excluding carboxylic acids is 1. The van der Waals surface area contributed by atoms with Gasteiger partial charge in [-0.15, -0.1) is 0 Å². The smallest absolute Gasteiger partial charge is 0.339 e. The van der Waals surface area contributed by atoms with Crippen molar-refractivity contribution < 1.29 is 9.53 Å². The van der Waals surface area contributed by atoms with E-state index in [2.05, 4.69) is 6.07 Å². The Bertz CT molecular complexity index is 584. The molecule has 3 nitrogen and oxygen atoms in total. The van der Waals surface area contributed by atoms with Crippen molar-refractivity contribution in [2.45, 2.75) is 32.1 Å². The Labute approximate surface area is 112 Å². The highest BCUT2D eigenvalue weighted by molar-refractivity contribution is 5.94. The second-order valence-electron chi connectivity index (χ2n) is 5.12. The zero-order valence-corrected chi connectivity index (χ0v) is 10.7. The Morgan fingerprint density at radius 3 is 2.89 bits per heavy atom. The van der Waals surface area contributed by atoms with Gasteiger partial charge >= 0.3 is 5.97 Å². The van der Waals surface area contributed by atoms with Crippen molar-refractivity contribution in [1.29, 1.82) is 5.26 Å². The number of cyclic esters (lactones) is 1. The van der Waals surface area contributed by atoms with E-state index in [1.54, 1.807) is 0 Å². The number of esters is 1. The summed E-state index contributed by atoms with van der Waals surface area (Å²) in [5.41, 5.74) is 2.64. The van der Waals surface area contributed by atoms with Crippen LogP contribution in [0.2, 0.25) is 0 Å². The summed E-state index contributed by atoms with van der Waals surface area (Å²) < 4.78 is 5.39. The minimum absolute atomic E-state index is 0.149. The summed E-state index contributed by atoms with van der Waals surface area (Å²) in [5.74, 6) is 0.710. The van der Waals surface area contributed by atoms with E-state index in [1.807, 2.05) is 24.3 Å². The molecule has 0 saturated carbocycles. The molecule has 2 aliphatic carbocycles. The zero-order chi connectivity index (χ0) is 13.2. The van der Waals surface area contributed by atoms with Crippen LogP contribution in [0.5, 0.6) is 0 Å². The van der Waals surface area contributed by atoms with Gasteiger partial charge in [-0.25, -0.2) is 4.79 Å². The predicted molar refractivity (Wildman–Crippen MR) is 70.6 cm³/mol. The molecule has 3 rings (SSSR count). The average molecular weight is 253 g/mol. The van der Waals surface area contributed by atoms with E-state index in [0.717, 1.165) is 49.0 Å². The van der Waals surface area contributed by atoms with Crippen molar-refractivity contribution in [3.05, 3.63) is 46.8 Å². The standard InChI is InChI=1S/C16H15NO2/c17-10-12-5-3-4-11(8-12)9-15-13-6-1-2-7-14(13)16(18)19-15/h3,5,8-9,11H,1-2,4,6-7H2/b15-9-. The Kier molecular flexibility index (Phi) is 3.08. The van der Waals surface area contributed by atoms with Crippen molar-refractivity contribution in [2.75, 3.05) is 0 Å². The molecule has 0 aromatic carbocycles. The van der Waals surface area contributed by atoms with Gasteiger partial charge in [0.05, 0.1) is 6.07 Å². The molecule has 1 aliphatic heterocycles. The second kappa shape index (κ2) is 4.89. The zero-order valence-electron chi connectivity index (χ0n) is 10.7. The van der Waals surface area contributed by atoms with Gasteiger partial charge in [-0.3, -0.25) is 0 Å². The lowest BCUT2D eigenvalue weighted by Gasteiger charge is -2.13. The minimum Gasteiger partial charge on any atom is -0.423 e. The van der Waals surface area contributed by atoms with E-state index >= 15 is 0 Å². The van der Waals surface area contributed by atoms with Gasteiger partial charge < -0.3 is 4.74 Å². The van der Waals surface area contributed by atoms with Gasteiger partial charge in [-0.2, -0.15) is 5.26 Å². The summed E-state index contributed by atoms with van der Waals surface area (Å²) in [5, 5.41) is 8.91. The Morgan fingerprint density at radius 2 is 2.11 bits per heavy atom. The van der Waals surface area contributed by atoms with E-state index in [4.69, 9.17) is 10.00 Å². The van der Waals surface area contributed by atoms with E-state index in [-0.39, 0.29) is 11.9 Å². The van der Waals surface area contributed by atoms with Crippen molar-refractivity contribution in [2.24, 2.45) is 5.92 Å². The number of nitrogens with zero attached hydrogens (tertiary/aromatic N) is 1. The lowest BCUT2D eigenvalue weighted by molar-refractivity contribution is -0.133. The lowest BCUT2D eigenvalue weighted by Crippen LogP contribution is -2.01. The molecule has 0 aromatic rings. The molecule has 19 heavy (non-hydrogen) atoms. The summed E-state index contributed by atoms with van der Waals surface area (Å²) in [4.78, 5) is 11.8. The first-order valence-electron chi connectivity index (χ1n) is 6.73. The number of nitriles is 1. The van der Waals surface area contributed by atoms with Crippen molar-refractivity contribution in [3.63, 3.8) is 0 Å². The largest absolute Gasteiger partial charge is 0.423 e. The third-order valence-electron chi connectivity index (χ3n) is 3.81. The number of hydrogen-bond donors (Lipinski definition) is 0. The van der Waals surface area contributed by atoms with Crippen LogP contribution in [0.25, 0.3) is 0 Å². The number of rotatable bonds is 1. The predicted octanol–water partition coefficient (Wildman–Crippen LogP) is 3.32. The quantitative estimate of drug-likeness (QED) is 0.673. The maximum absolute atomic E-state index is 11.8. The topological polar surface area (TPSA) is 50.1 Å². The Balaban J connectivity index is 1.87. The molecular formula is C16H15NO2. The fourth-order valence-corrected chi connectivity index (χ4v) is 2.85. The fourth-order valence-electron chi connectivity index (χ4n) is 2.85. The first kappa shape index (κ1) is 12.0. The number of allylic oxidation sites excluding steroid dienone is 6. The van der Waals surface area contributed by atoms with Crippen LogP contribution in [0.15, 0.2) is 46.8 Å². The van der Waals surface area contributed by atoms with E-state index < -0.39 is 0 Å². The van der Waals surface area contributed by atoms with Crippen molar-refractivity contribution >= 4 is 5.97 Å². The van der Waals surface area contributed by atoms with Gasteiger partial charge in [0.2, 0.25) is 0 Å². The first-order chi connectivity index (χ1) is 9.28. The van der Waals surface area contributed by atoms with Crippen LogP contribution in [0.4, 0.5) is 0 Å². The van der Waals surface area contributed by atoms with Crippen LogP contribution < -0.4 is 0 Å². The van der Waals surface area contributed by atoms with Crippen LogP contribution in [0, 0.1) is 17.2 Å². The summed E-state index contributed by atoms with van der Waals surface area (Å²) in [6.07, 6.45) is 12.6. The summed E-state index contributed by atoms with van der Waals surface area (Å²) >= 11 is 0. The van der Waals surface area contributed by atoms with Gasteiger partial charge in [0, 0.05) is 22.6 Å². The van der Waals surface area contributed by atoms with Crippen LogP contribution in [0.1, 0.15) is 32.1 Å². The van der Waals surface area contributed by atoms with Crippen LogP contribution in [-0.4, -0.2) is 5.97 Å². The molecule has 0 aromatic heterocycles. The van der Waals surface area contributed by atoms with E-state index in [1.165, 1.54) is 0 Å². The molecule has 0 fully saturated rings. The second-order valence-corrected chi connectivity index (χ2v) is 5.12. The fraction of sp³-hybridized carbons (Fsp3) is 0.375. The maximum Gasteiger partial charge on any atom is 0.339 e. The van der Waals surface area contributed by atoms with E-state index in [0.29, 0.717) is 5.57 Å². The molecule has 1 unspecified atom stereocenters. The highest BCUT2D eigenvalue weighted by atomic mass is 16.5. The molecule has 96 valence electrons. The number of carbonyl (C=O) groups is 1.